The van der Waals surface area contributed by atoms with Gasteiger partial charge in [-0.3, -0.25) is 0 Å². The molecule has 5 heteroatoms. The van der Waals surface area contributed by atoms with Crippen molar-refractivity contribution in [3.63, 3.8) is 0 Å². The van der Waals surface area contributed by atoms with E-state index in [0.29, 0.717) is 24.4 Å². The minimum absolute atomic E-state index is 0.330. The zero-order valence-electron chi connectivity index (χ0n) is 13.2. The number of nitrogens with one attached hydrogen (secondary N) is 2. The van der Waals surface area contributed by atoms with E-state index in [0.717, 1.165) is 16.9 Å². The summed E-state index contributed by atoms with van der Waals surface area (Å²) in [6.45, 7) is 4.80. The highest BCUT2D eigenvalue weighted by molar-refractivity contribution is 5.89. The molecule has 0 aromatic heterocycles. The molecule has 2 N–H and O–H groups in total. The third-order valence-electron chi connectivity index (χ3n) is 3.10. The van der Waals surface area contributed by atoms with Gasteiger partial charge in [0.25, 0.3) is 0 Å². The van der Waals surface area contributed by atoms with Crippen LogP contribution in [0.1, 0.15) is 16.7 Å². The Bertz CT molecular complexity index is 715. The van der Waals surface area contributed by atoms with Gasteiger partial charge in [0, 0.05) is 5.69 Å². The van der Waals surface area contributed by atoms with E-state index in [1.807, 2.05) is 32.0 Å². The molecule has 118 valence electrons. The SMILES string of the molecule is Cc1cc(C)cc(OCCNC(=O)Nc2cccc(C#N)c2)c1. The van der Waals surface area contributed by atoms with Crippen molar-refractivity contribution in [3.05, 3.63) is 59.2 Å². The van der Waals surface area contributed by atoms with Crippen LogP contribution >= 0.6 is 0 Å². The summed E-state index contributed by atoms with van der Waals surface area (Å²) in [6.07, 6.45) is 0. The zero-order chi connectivity index (χ0) is 16.7. The fourth-order valence-electron chi connectivity index (χ4n) is 2.19. The van der Waals surface area contributed by atoms with Crippen molar-refractivity contribution in [1.82, 2.24) is 5.32 Å². The minimum Gasteiger partial charge on any atom is -0.492 e. The molecular formula is C18H19N3O2. The van der Waals surface area contributed by atoms with Crippen LogP contribution < -0.4 is 15.4 Å². The molecule has 0 aliphatic carbocycles. The lowest BCUT2D eigenvalue weighted by atomic mass is 10.1. The first-order valence-electron chi connectivity index (χ1n) is 7.33. The molecule has 2 aromatic rings. The number of hydrogen-bond acceptors (Lipinski definition) is 3. The smallest absolute Gasteiger partial charge is 0.319 e. The average molecular weight is 309 g/mol. The molecule has 2 aromatic carbocycles. The largest absolute Gasteiger partial charge is 0.492 e. The summed E-state index contributed by atoms with van der Waals surface area (Å²) in [7, 11) is 0. The average Bonchev–Trinajstić information content (AvgIpc) is 2.51. The summed E-state index contributed by atoms with van der Waals surface area (Å²) in [5.41, 5.74) is 3.36. The lowest BCUT2D eigenvalue weighted by Gasteiger charge is -2.10. The van der Waals surface area contributed by atoms with Gasteiger partial charge in [-0.1, -0.05) is 12.1 Å². The first kappa shape index (κ1) is 16.4. The van der Waals surface area contributed by atoms with E-state index in [1.54, 1.807) is 24.3 Å². The Morgan fingerprint density at radius 1 is 1.17 bits per heavy atom. The topological polar surface area (TPSA) is 74.2 Å². The summed E-state index contributed by atoms with van der Waals surface area (Å²) < 4.78 is 5.62. The maximum atomic E-state index is 11.8. The van der Waals surface area contributed by atoms with E-state index in [2.05, 4.69) is 16.7 Å². The molecule has 0 atom stereocenters. The maximum absolute atomic E-state index is 11.8. The minimum atomic E-state index is -0.330. The highest BCUT2D eigenvalue weighted by Crippen LogP contribution is 2.15. The van der Waals surface area contributed by atoms with Crippen molar-refractivity contribution in [2.75, 3.05) is 18.5 Å². The van der Waals surface area contributed by atoms with Crippen LogP contribution in [0.15, 0.2) is 42.5 Å². The standard InChI is InChI=1S/C18H19N3O2/c1-13-8-14(2)10-17(9-13)23-7-6-20-18(22)21-16-5-3-4-15(11-16)12-19/h3-5,8-11H,6-7H2,1-2H3,(H2,20,21,22). The summed E-state index contributed by atoms with van der Waals surface area (Å²) in [6, 6.07) is 14.4. The number of urea groups is 1. The fourth-order valence-corrected chi connectivity index (χ4v) is 2.19. The quantitative estimate of drug-likeness (QED) is 0.832. The predicted molar refractivity (Wildman–Crippen MR) is 89.6 cm³/mol. The molecule has 5 nitrogen and oxygen atoms in total. The summed E-state index contributed by atoms with van der Waals surface area (Å²) in [5.74, 6) is 0.798. The van der Waals surface area contributed by atoms with Gasteiger partial charge >= 0.3 is 6.03 Å². The molecule has 0 radical (unpaired) electrons. The molecule has 0 saturated heterocycles. The van der Waals surface area contributed by atoms with Gasteiger partial charge < -0.3 is 15.4 Å². The van der Waals surface area contributed by atoms with Crippen LogP contribution in [0.2, 0.25) is 0 Å². The monoisotopic (exact) mass is 309 g/mol. The lowest BCUT2D eigenvalue weighted by molar-refractivity contribution is 0.247. The van der Waals surface area contributed by atoms with Crippen molar-refractivity contribution in [2.45, 2.75) is 13.8 Å². The maximum Gasteiger partial charge on any atom is 0.319 e. The summed E-state index contributed by atoms with van der Waals surface area (Å²) in [4.78, 5) is 11.8. The van der Waals surface area contributed by atoms with Gasteiger partial charge in [-0.05, 0) is 55.3 Å². The Morgan fingerprint density at radius 3 is 2.61 bits per heavy atom. The normalized spacial score (nSPS) is 9.78. The van der Waals surface area contributed by atoms with Crippen LogP contribution in [-0.2, 0) is 0 Å². The molecular weight excluding hydrogens is 290 g/mol. The van der Waals surface area contributed by atoms with Crippen LogP contribution in [0.4, 0.5) is 10.5 Å². The van der Waals surface area contributed by atoms with Crippen LogP contribution in [-0.4, -0.2) is 19.2 Å². The number of nitrogens with zero attached hydrogens (tertiary/aromatic N) is 1. The van der Waals surface area contributed by atoms with E-state index >= 15 is 0 Å². The molecule has 0 unspecified atom stereocenters. The van der Waals surface area contributed by atoms with Crippen LogP contribution in [0.5, 0.6) is 5.75 Å². The van der Waals surface area contributed by atoms with E-state index in [-0.39, 0.29) is 6.03 Å². The van der Waals surface area contributed by atoms with Gasteiger partial charge in [0.15, 0.2) is 0 Å². The van der Waals surface area contributed by atoms with E-state index in [9.17, 15) is 4.79 Å². The van der Waals surface area contributed by atoms with Crippen molar-refractivity contribution in [3.8, 4) is 11.8 Å². The molecule has 23 heavy (non-hydrogen) atoms. The highest BCUT2D eigenvalue weighted by atomic mass is 16.5. The second-order valence-corrected chi connectivity index (χ2v) is 5.25. The van der Waals surface area contributed by atoms with Gasteiger partial charge in [-0.15, -0.1) is 0 Å². The number of carbonyl (C=O) groups is 1. The van der Waals surface area contributed by atoms with Crippen LogP contribution in [0, 0.1) is 25.2 Å². The van der Waals surface area contributed by atoms with Gasteiger partial charge in [0.2, 0.25) is 0 Å². The number of rotatable bonds is 5. The first-order valence-corrected chi connectivity index (χ1v) is 7.33. The van der Waals surface area contributed by atoms with Crippen LogP contribution in [0.3, 0.4) is 0 Å². The van der Waals surface area contributed by atoms with Crippen LogP contribution in [0.25, 0.3) is 0 Å². The van der Waals surface area contributed by atoms with Gasteiger partial charge in [-0.2, -0.15) is 5.26 Å². The van der Waals surface area contributed by atoms with Crippen molar-refractivity contribution < 1.29 is 9.53 Å². The molecule has 0 fully saturated rings. The second kappa shape index (κ2) is 7.85. The number of benzene rings is 2. The van der Waals surface area contributed by atoms with Gasteiger partial charge in [-0.25, -0.2) is 4.79 Å². The second-order valence-electron chi connectivity index (χ2n) is 5.25. The van der Waals surface area contributed by atoms with E-state index < -0.39 is 0 Å². The zero-order valence-corrected chi connectivity index (χ0v) is 13.2. The number of carbonyl (C=O) groups excluding carboxylic acids is 1. The Labute approximate surface area is 135 Å². The lowest BCUT2D eigenvalue weighted by Crippen LogP contribution is -2.32. The number of hydrogen-bond donors (Lipinski definition) is 2. The Morgan fingerprint density at radius 2 is 1.91 bits per heavy atom. The molecule has 0 aliphatic rings. The predicted octanol–water partition coefficient (Wildman–Crippen LogP) is 3.38. The fraction of sp³-hybridized carbons (Fsp3) is 0.222. The third kappa shape index (κ3) is 5.36. The summed E-state index contributed by atoms with van der Waals surface area (Å²) >= 11 is 0. The molecule has 2 amide bonds. The number of ether oxygens (including phenoxy) is 1. The van der Waals surface area contributed by atoms with E-state index in [4.69, 9.17) is 10.00 Å². The van der Waals surface area contributed by atoms with E-state index in [1.165, 1.54) is 0 Å². The number of nitriles is 1. The van der Waals surface area contributed by atoms with Gasteiger partial charge in [0.05, 0.1) is 18.2 Å². The molecule has 0 aliphatic heterocycles. The molecule has 2 rings (SSSR count). The Hall–Kier alpha value is -3.00. The van der Waals surface area contributed by atoms with Gasteiger partial charge in [0.1, 0.15) is 12.4 Å². The number of anilines is 1. The summed E-state index contributed by atoms with van der Waals surface area (Å²) in [5, 5.41) is 14.2. The molecule has 0 bridgehead atoms. The molecule has 0 spiro atoms. The molecule has 0 heterocycles. The van der Waals surface area contributed by atoms with Crippen molar-refractivity contribution in [1.29, 1.82) is 5.26 Å². The molecule has 0 saturated carbocycles. The highest BCUT2D eigenvalue weighted by Gasteiger charge is 2.02. The Balaban J connectivity index is 1.75. The van der Waals surface area contributed by atoms with Crippen molar-refractivity contribution in [2.24, 2.45) is 0 Å². The third-order valence-corrected chi connectivity index (χ3v) is 3.10. The Kier molecular flexibility index (Phi) is 5.59. The van der Waals surface area contributed by atoms with Crippen molar-refractivity contribution >= 4 is 11.7 Å². The number of aryl methyl sites for hydroxylation is 2. The first-order chi connectivity index (χ1) is 11.1. The number of amides is 2.